The van der Waals surface area contributed by atoms with Crippen molar-refractivity contribution < 1.29 is 4.79 Å². The number of nitrogens with zero attached hydrogens (tertiary/aromatic N) is 2. The molecule has 2 N–H and O–H groups in total. The molecule has 0 spiro atoms. The summed E-state index contributed by atoms with van der Waals surface area (Å²) in [7, 11) is 0. The minimum absolute atomic E-state index is 0.109. The summed E-state index contributed by atoms with van der Waals surface area (Å²) in [5.41, 5.74) is 2.27. The molecule has 1 heterocycles. The molecule has 168 valence electrons. The molecule has 1 aliphatic rings. The van der Waals surface area contributed by atoms with Crippen LogP contribution in [0.5, 0.6) is 0 Å². The van der Waals surface area contributed by atoms with Crippen molar-refractivity contribution >= 4 is 29.2 Å². The quantitative estimate of drug-likeness (QED) is 0.600. The van der Waals surface area contributed by atoms with Crippen molar-refractivity contribution in [3.05, 3.63) is 69.7 Å². The van der Waals surface area contributed by atoms with Crippen LogP contribution in [0.25, 0.3) is 0 Å². The smallest absolute Gasteiger partial charge is 0.315 e. The number of hydrogen-bond acceptors (Lipinski definition) is 3. The van der Waals surface area contributed by atoms with E-state index in [1.54, 1.807) is 0 Å². The third-order valence-electron chi connectivity index (χ3n) is 5.73. The molecular weight excluding hydrogens is 431 g/mol. The number of carbonyl (C=O) groups excluding carboxylic acids is 1. The maximum atomic E-state index is 12.4. The van der Waals surface area contributed by atoms with Gasteiger partial charge in [0.05, 0.1) is 10.0 Å². The van der Waals surface area contributed by atoms with Crippen molar-refractivity contribution in [1.29, 1.82) is 0 Å². The first kappa shape index (κ1) is 23.9. The van der Waals surface area contributed by atoms with Crippen LogP contribution in [0, 0.1) is 5.92 Å². The van der Waals surface area contributed by atoms with Crippen molar-refractivity contribution in [3.8, 4) is 0 Å². The second-order valence-electron chi connectivity index (χ2n) is 8.49. The van der Waals surface area contributed by atoms with Gasteiger partial charge < -0.3 is 10.6 Å². The largest absolute Gasteiger partial charge is 0.334 e. The van der Waals surface area contributed by atoms with Crippen LogP contribution in [-0.4, -0.2) is 54.6 Å². The number of nitrogens with one attached hydrogen (secondary N) is 2. The highest BCUT2D eigenvalue weighted by atomic mass is 35.5. The standard InChI is InChI=1S/C24H32Cl2N4O/c1-18(2)23(28-24(31)27-15-19-6-4-3-5-7-19)17-30-12-10-29(11-13-30)16-20-8-9-21(25)22(26)14-20/h3-9,14,18,23H,10-13,15-17H2,1-2H3,(H2,27,28,31)/t23-/m0/s1. The molecule has 2 aromatic carbocycles. The minimum atomic E-state index is -0.110. The normalized spacial score (nSPS) is 16.3. The lowest BCUT2D eigenvalue weighted by Gasteiger charge is -2.37. The summed E-state index contributed by atoms with van der Waals surface area (Å²) in [4.78, 5) is 17.3. The SMILES string of the molecule is CC(C)[C@H](CN1CCN(Cc2ccc(Cl)c(Cl)c2)CC1)NC(=O)NCc1ccccc1. The van der Waals surface area contributed by atoms with Crippen LogP contribution in [0.4, 0.5) is 4.79 Å². The lowest BCUT2D eigenvalue weighted by atomic mass is 10.0. The van der Waals surface area contributed by atoms with Crippen molar-refractivity contribution in [2.45, 2.75) is 33.0 Å². The van der Waals surface area contributed by atoms with Crippen LogP contribution in [0.1, 0.15) is 25.0 Å². The van der Waals surface area contributed by atoms with Crippen LogP contribution in [0.15, 0.2) is 48.5 Å². The molecule has 3 rings (SSSR count). The number of benzene rings is 2. The van der Waals surface area contributed by atoms with Gasteiger partial charge in [0.2, 0.25) is 0 Å². The molecule has 1 atom stereocenters. The molecule has 0 bridgehead atoms. The van der Waals surface area contributed by atoms with Gasteiger partial charge in [0, 0.05) is 51.9 Å². The highest BCUT2D eigenvalue weighted by Crippen LogP contribution is 2.23. The van der Waals surface area contributed by atoms with Gasteiger partial charge in [0.15, 0.2) is 0 Å². The average Bonchev–Trinajstić information content (AvgIpc) is 2.76. The van der Waals surface area contributed by atoms with Gasteiger partial charge in [-0.05, 0) is 29.2 Å². The second-order valence-corrected chi connectivity index (χ2v) is 9.30. The summed E-state index contributed by atoms with van der Waals surface area (Å²) in [5.74, 6) is 0.358. The molecule has 0 radical (unpaired) electrons. The third kappa shape index (κ3) is 7.69. The van der Waals surface area contributed by atoms with E-state index in [1.165, 1.54) is 5.56 Å². The molecule has 5 nitrogen and oxygen atoms in total. The van der Waals surface area contributed by atoms with Crippen molar-refractivity contribution in [1.82, 2.24) is 20.4 Å². The molecule has 0 unspecified atom stereocenters. The molecule has 7 heteroatoms. The predicted molar refractivity (Wildman–Crippen MR) is 129 cm³/mol. The zero-order chi connectivity index (χ0) is 22.2. The van der Waals surface area contributed by atoms with Crippen LogP contribution in [0.2, 0.25) is 10.0 Å². The number of halogens is 2. The Morgan fingerprint density at radius 3 is 2.26 bits per heavy atom. The first-order valence-electron chi connectivity index (χ1n) is 10.9. The maximum absolute atomic E-state index is 12.4. The molecular formula is C24H32Cl2N4O. The minimum Gasteiger partial charge on any atom is -0.334 e. The van der Waals surface area contributed by atoms with Gasteiger partial charge in [-0.2, -0.15) is 0 Å². The van der Waals surface area contributed by atoms with Crippen LogP contribution < -0.4 is 10.6 Å². The van der Waals surface area contributed by atoms with Crippen molar-refractivity contribution in [3.63, 3.8) is 0 Å². The number of urea groups is 1. The monoisotopic (exact) mass is 462 g/mol. The fraction of sp³-hybridized carbons (Fsp3) is 0.458. The van der Waals surface area contributed by atoms with Gasteiger partial charge in [0.1, 0.15) is 0 Å². The molecule has 0 aliphatic carbocycles. The van der Waals surface area contributed by atoms with E-state index in [9.17, 15) is 4.79 Å². The molecule has 0 aromatic heterocycles. The van der Waals surface area contributed by atoms with Gasteiger partial charge in [-0.1, -0.05) is 73.4 Å². The lowest BCUT2D eigenvalue weighted by molar-refractivity contribution is 0.112. The van der Waals surface area contributed by atoms with E-state index in [4.69, 9.17) is 23.2 Å². The zero-order valence-electron chi connectivity index (χ0n) is 18.3. The van der Waals surface area contributed by atoms with Crippen molar-refractivity contribution in [2.24, 2.45) is 5.92 Å². The molecule has 31 heavy (non-hydrogen) atoms. The van der Waals surface area contributed by atoms with Gasteiger partial charge in [-0.25, -0.2) is 4.79 Å². The second kappa shape index (κ2) is 11.7. The summed E-state index contributed by atoms with van der Waals surface area (Å²) >= 11 is 12.2. The summed E-state index contributed by atoms with van der Waals surface area (Å²) in [6.07, 6.45) is 0. The zero-order valence-corrected chi connectivity index (χ0v) is 19.8. The Hall–Kier alpha value is -1.79. The number of hydrogen-bond donors (Lipinski definition) is 2. The topological polar surface area (TPSA) is 47.6 Å². The van der Waals surface area contributed by atoms with Crippen LogP contribution in [-0.2, 0) is 13.1 Å². The Balaban J connectivity index is 1.43. The van der Waals surface area contributed by atoms with Gasteiger partial charge in [0.25, 0.3) is 0 Å². The van der Waals surface area contributed by atoms with E-state index in [1.807, 2.05) is 48.5 Å². The third-order valence-corrected chi connectivity index (χ3v) is 6.47. The van der Waals surface area contributed by atoms with Gasteiger partial charge in [-0.15, -0.1) is 0 Å². The fourth-order valence-corrected chi connectivity index (χ4v) is 4.05. The molecule has 0 saturated carbocycles. The van der Waals surface area contributed by atoms with Gasteiger partial charge in [-0.3, -0.25) is 9.80 Å². The van der Waals surface area contributed by atoms with E-state index >= 15 is 0 Å². The number of rotatable bonds is 8. The predicted octanol–water partition coefficient (Wildman–Crippen LogP) is 4.64. The van der Waals surface area contributed by atoms with E-state index < -0.39 is 0 Å². The Morgan fingerprint density at radius 2 is 1.61 bits per heavy atom. The highest BCUT2D eigenvalue weighted by Gasteiger charge is 2.23. The molecule has 2 amide bonds. The summed E-state index contributed by atoms with van der Waals surface area (Å²) in [6, 6.07) is 15.8. The first-order chi connectivity index (χ1) is 14.9. The molecule has 1 fully saturated rings. The van der Waals surface area contributed by atoms with E-state index in [0.717, 1.165) is 44.8 Å². The Bertz CT molecular complexity index is 839. The van der Waals surface area contributed by atoms with Gasteiger partial charge >= 0.3 is 6.03 Å². The Morgan fingerprint density at radius 1 is 0.935 bits per heavy atom. The summed E-state index contributed by atoms with van der Waals surface area (Å²) in [5, 5.41) is 7.33. The number of carbonyl (C=O) groups is 1. The first-order valence-corrected chi connectivity index (χ1v) is 11.6. The van der Waals surface area contributed by atoms with Crippen molar-refractivity contribution in [2.75, 3.05) is 32.7 Å². The van der Waals surface area contributed by atoms with E-state index in [0.29, 0.717) is 22.5 Å². The molecule has 1 saturated heterocycles. The Kier molecular flexibility index (Phi) is 9.02. The van der Waals surface area contributed by atoms with E-state index in [2.05, 4.69) is 34.3 Å². The van der Waals surface area contributed by atoms with Crippen LogP contribution >= 0.6 is 23.2 Å². The number of amides is 2. The fourth-order valence-electron chi connectivity index (χ4n) is 3.73. The highest BCUT2D eigenvalue weighted by molar-refractivity contribution is 6.42. The summed E-state index contributed by atoms with van der Waals surface area (Å²) in [6.45, 7) is 10.5. The average molecular weight is 463 g/mol. The maximum Gasteiger partial charge on any atom is 0.315 e. The molecule has 1 aliphatic heterocycles. The molecule has 2 aromatic rings. The Labute approximate surface area is 195 Å². The summed E-state index contributed by atoms with van der Waals surface area (Å²) < 4.78 is 0. The van der Waals surface area contributed by atoms with E-state index in [-0.39, 0.29) is 12.1 Å². The number of piperazine rings is 1. The van der Waals surface area contributed by atoms with Crippen LogP contribution in [0.3, 0.4) is 0 Å². The lowest BCUT2D eigenvalue weighted by Crippen LogP contribution is -2.54.